The van der Waals surface area contributed by atoms with E-state index in [4.69, 9.17) is 28.9 Å². The molecule has 0 heterocycles. The summed E-state index contributed by atoms with van der Waals surface area (Å²) in [5.74, 6) is 0.787. The fraction of sp³-hybridized carbons (Fsp3) is 0.385. The maximum atomic E-state index is 6.01. The van der Waals surface area contributed by atoms with Crippen LogP contribution in [-0.2, 0) is 0 Å². The normalized spacial score (nSPS) is 25.2. The number of fused-ring (bicyclic) bond motifs is 5. The highest BCUT2D eigenvalue weighted by Crippen LogP contribution is 2.60. The van der Waals surface area contributed by atoms with E-state index < -0.39 is 0 Å². The monoisotopic (exact) mass is 255 g/mol. The molecule has 2 aliphatic carbocycles. The van der Waals surface area contributed by atoms with Gasteiger partial charge in [0.15, 0.2) is 0 Å². The Labute approximate surface area is 106 Å². The van der Waals surface area contributed by atoms with E-state index in [0.717, 1.165) is 18.5 Å². The summed E-state index contributed by atoms with van der Waals surface area (Å²) in [4.78, 5) is 0. The van der Waals surface area contributed by atoms with Gasteiger partial charge in [0, 0.05) is 17.5 Å². The summed E-state index contributed by atoms with van der Waals surface area (Å²) in [6.07, 6.45) is 2.28. The summed E-state index contributed by atoms with van der Waals surface area (Å²) in [5.41, 5.74) is 10.7. The Kier molecular flexibility index (Phi) is 2.93. The molecule has 16 heavy (non-hydrogen) atoms. The van der Waals surface area contributed by atoms with E-state index in [2.05, 4.69) is 6.07 Å². The highest BCUT2D eigenvalue weighted by molar-refractivity contribution is 6.56. The first-order valence-electron chi connectivity index (χ1n) is 5.13. The van der Waals surface area contributed by atoms with Crippen molar-refractivity contribution in [3.63, 3.8) is 0 Å². The Morgan fingerprint density at radius 2 is 1.88 bits per heavy atom. The van der Waals surface area contributed by atoms with Gasteiger partial charge >= 0.3 is 0 Å². The second-order valence-corrected chi connectivity index (χ2v) is 5.20. The van der Waals surface area contributed by atoms with E-state index >= 15 is 0 Å². The van der Waals surface area contributed by atoms with E-state index in [1.807, 2.05) is 12.1 Å². The van der Waals surface area contributed by atoms with Gasteiger partial charge in [-0.2, -0.15) is 0 Å². The van der Waals surface area contributed by atoms with E-state index in [-0.39, 0.29) is 7.43 Å². The first-order valence-corrected chi connectivity index (χ1v) is 5.89. The summed E-state index contributed by atoms with van der Waals surface area (Å²) in [6, 6.07) is 6.11. The first-order chi connectivity index (χ1) is 7.20. The third kappa shape index (κ3) is 1.38. The molecular weight excluding hydrogens is 241 g/mol. The molecule has 2 N–H and O–H groups in total. The van der Waals surface area contributed by atoms with Gasteiger partial charge in [0.05, 0.1) is 0 Å². The van der Waals surface area contributed by atoms with Crippen molar-refractivity contribution in [1.29, 1.82) is 0 Å². The van der Waals surface area contributed by atoms with Crippen molar-refractivity contribution in [3.05, 3.63) is 39.4 Å². The van der Waals surface area contributed by atoms with Gasteiger partial charge in [-0.15, -0.1) is 0 Å². The molecule has 2 unspecified atom stereocenters. The molecule has 1 fully saturated rings. The van der Waals surface area contributed by atoms with Crippen molar-refractivity contribution in [2.45, 2.75) is 32.1 Å². The Bertz CT molecular complexity index is 461. The molecule has 1 saturated carbocycles. The van der Waals surface area contributed by atoms with Crippen LogP contribution in [-0.4, -0.2) is 0 Å². The lowest BCUT2D eigenvalue weighted by molar-refractivity contribution is 0.719. The van der Waals surface area contributed by atoms with Crippen molar-refractivity contribution >= 4 is 28.9 Å². The van der Waals surface area contributed by atoms with Crippen LogP contribution >= 0.6 is 23.2 Å². The fourth-order valence-electron chi connectivity index (χ4n) is 3.08. The van der Waals surface area contributed by atoms with Crippen molar-refractivity contribution in [2.75, 3.05) is 5.73 Å². The first kappa shape index (κ1) is 11.8. The van der Waals surface area contributed by atoms with Gasteiger partial charge < -0.3 is 5.73 Å². The number of rotatable bonds is 0. The molecule has 2 bridgehead atoms. The summed E-state index contributed by atoms with van der Waals surface area (Å²) >= 11 is 11.9. The number of nitrogen functional groups attached to an aromatic ring is 1. The molecule has 3 rings (SSSR count). The van der Waals surface area contributed by atoms with Crippen molar-refractivity contribution in [1.82, 2.24) is 0 Å². The van der Waals surface area contributed by atoms with Crippen molar-refractivity contribution in [3.8, 4) is 0 Å². The van der Waals surface area contributed by atoms with E-state index in [0.29, 0.717) is 16.3 Å². The number of anilines is 1. The Hall–Kier alpha value is -0.660. The van der Waals surface area contributed by atoms with Gasteiger partial charge in [-0.1, -0.05) is 42.8 Å². The minimum atomic E-state index is 0. The largest absolute Gasteiger partial charge is 0.398 e. The molecular formula is C13H15Cl2N. The van der Waals surface area contributed by atoms with Gasteiger partial charge in [0.1, 0.15) is 4.49 Å². The van der Waals surface area contributed by atoms with E-state index in [1.54, 1.807) is 0 Å². The summed E-state index contributed by atoms with van der Waals surface area (Å²) in [6.45, 7) is 0. The van der Waals surface area contributed by atoms with Crippen LogP contribution in [0.4, 0.5) is 5.69 Å². The van der Waals surface area contributed by atoms with Crippen LogP contribution in [0.2, 0.25) is 0 Å². The number of allylic oxidation sites excluding steroid dienone is 1. The van der Waals surface area contributed by atoms with Crippen LogP contribution in [0.25, 0.3) is 0 Å². The third-order valence-corrected chi connectivity index (χ3v) is 4.05. The van der Waals surface area contributed by atoms with Crippen LogP contribution < -0.4 is 5.73 Å². The Morgan fingerprint density at radius 1 is 1.19 bits per heavy atom. The average molecular weight is 256 g/mol. The SMILES string of the molecule is C.Nc1cccc2c1C1CCC2C1=C(Cl)Cl. The quantitative estimate of drug-likeness (QED) is 0.676. The van der Waals surface area contributed by atoms with Gasteiger partial charge in [-0.25, -0.2) is 0 Å². The second-order valence-electron chi connectivity index (χ2n) is 4.25. The minimum Gasteiger partial charge on any atom is -0.398 e. The number of benzene rings is 1. The molecule has 3 heteroatoms. The van der Waals surface area contributed by atoms with Gasteiger partial charge in [0.25, 0.3) is 0 Å². The van der Waals surface area contributed by atoms with Gasteiger partial charge in [-0.3, -0.25) is 0 Å². The number of hydrogen-bond donors (Lipinski definition) is 1. The zero-order chi connectivity index (χ0) is 10.6. The molecule has 0 spiro atoms. The standard InChI is InChI=1S/C12H11Cl2N.CH4/c13-12(14)11-7-4-5-8(11)10-6(7)2-1-3-9(10)15;/h1-3,7-8H,4-5,15H2;1H4. The van der Waals surface area contributed by atoms with E-state index in [9.17, 15) is 0 Å². The topological polar surface area (TPSA) is 26.0 Å². The fourth-order valence-corrected chi connectivity index (χ4v) is 3.61. The van der Waals surface area contributed by atoms with Crippen LogP contribution in [0, 0.1) is 0 Å². The summed E-state index contributed by atoms with van der Waals surface area (Å²) in [7, 11) is 0. The molecule has 0 amide bonds. The zero-order valence-electron chi connectivity index (χ0n) is 8.13. The summed E-state index contributed by atoms with van der Waals surface area (Å²) in [5, 5.41) is 0. The Morgan fingerprint density at radius 3 is 2.50 bits per heavy atom. The maximum absolute atomic E-state index is 6.01. The molecule has 1 aromatic carbocycles. The van der Waals surface area contributed by atoms with Crippen LogP contribution in [0.15, 0.2) is 28.3 Å². The van der Waals surface area contributed by atoms with Crippen molar-refractivity contribution < 1.29 is 0 Å². The third-order valence-electron chi connectivity index (χ3n) is 3.61. The number of halogens is 2. The molecule has 2 atom stereocenters. The molecule has 0 aromatic heterocycles. The zero-order valence-corrected chi connectivity index (χ0v) is 9.65. The minimum absolute atomic E-state index is 0. The highest BCUT2D eigenvalue weighted by Gasteiger charge is 2.43. The smallest absolute Gasteiger partial charge is 0.107 e. The maximum Gasteiger partial charge on any atom is 0.107 e. The lowest BCUT2D eigenvalue weighted by Crippen LogP contribution is -2.01. The molecule has 0 saturated heterocycles. The molecule has 1 aromatic rings. The molecule has 1 nitrogen and oxygen atoms in total. The molecule has 86 valence electrons. The van der Waals surface area contributed by atoms with Gasteiger partial charge in [0.2, 0.25) is 0 Å². The van der Waals surface area contributed by atoms with Crippen LogP contribution in [0.5, 0.6) is 0 Å². The van der Waals surface area contributed by atoms with Crippen LogP contribution in [0.1, 0.15) is 43.2 Å². The number of hydrogen-bond acceptors (Lipinski definition) is 1. The Balaban J connectivity index is 0.000000963. The average Bonchev–Trinajstić information content (AvgIpc) is 2.73. The lowest BCUT2D eigenvalue weighted by Gasteiger charge is -2.15. The molecule has 0 radical (unpaired) electrons. The predicted molar refractivity (Wildman–Crippen MR) is 71.0 cm³/mol. The van der Waals surface area contributed by atoms with Crippen molar-refractivity contribution in [2.24, 2.45) is 0 Å². The van der Waals surface area contributed by atoms with Gasteiger partial charge in [-0.05, 0) is 35.6 Å². The molecule has 0 aliphatic heterocycles. The summed E-state index contributed by atoms with van der Waals surface area (Å²) < 4.78 is 0.443. The molecule has 2 aliphatic rings. The second kappa shape index (κ2) is 3.97. The van der Waals surface area contributed by atoms with Crippen LogP contribution in [0.3, 0.4) is 0 Å². The van der Waals surface area contributed by atoms with E-state index in [1.165, 1.54) is 16.7 Å². The predicted octanol–water partition coefficient (Wildman–Crippen LogP) is 4.57. The lowest BCUT2D eigenvalue weighted by atomic mass is 9.91. The highest BCUT2D eigenvalue weighted by atomic mass is 35.5. The number of nitrogens with two attached hydrogens (primary N) is 1.